The van der Waals surface area contributed by atoms with Crippen molar-refractivity contribution in [2.75, 3.05) is 0 Å². The van der Waals surface area contributed by atoms with Gasteiger partial charge >= 0.3 is 0 Å². The van der Waals surface area contributed by atoms with E-state index < -0.39 is 0 Å². The molecule has 0 unspecified atom stereocenters. The predicted octanol–water partition coefficient (Wildman–Crippen LogP) is 3.65. The van der Waals surface area contributed by atoms with Crippen molar-refractivity contribution >= 4 is 28.4 Å². The molecule has 0 fully saturated rings. The Hall–Kier alpha value is -2.20. The van der Waals surface area contributed by atoms with Crippen LogP contribution in [0.5, 0.6) is 0 Å². The van der Waals surface area contributed by atoms with Crippen LogP contribution in [0, 0.1) is 6.92 Å². The molecule has 20 heavy (non-hydrogen) atoms. The van der Waals surface area contributed by atoms with E-state index in [9.17, 15) is 4.79 Å². The third-order valence-corrected chi connectivity index (χ3v) is 3.52. The molecule has 0 aliphatic rings. The number of hydrogen-bond donors (Lipinski definition) is 2. The number of nitrogens with one attached hydrogen (secondary N) is 2. The van der Waals surface area contributed by atoms with Crippen LogP contribution in [0.3, 0.4) is 0 Å². The molecule has 102 valence electrons. The van der Waals surface area contributed by atoms with Crippen molar-refractivity contribution in [3.05, 3.63) is 58.6 Å². The fourth-order valence-electron chi connectivity index (χ4n) is 2.27. The topological polar surface area (TPSA) is 58.0 Å². The van der Waals surface area contributed by atoms with Crippen molar-refractivity contribution in [1.82, 2.24) is 10.3 Å². The summed E-state index contributed by atoms with van der Waals surface area (Å²) in [7, 11) is 0. The van der Waals surface area contributed by atoms with Crippen LogP contribution in [-0.4, -0.2) is 10.9 Å². The zero-order valence-corrected chi connectivity index (χ0v) is 11.6. The van der Waals surface area contributed by atoms with E-state index in [0.717, 1.165) is 16.6 Å². The number of amides is 1. The summed E-state index contributed by atoms with van der Waals surface area (Å²) in [5.74, 6) is 0.571. The summed E-state index contributed by atoms with van der Waals surface area (Å²) in [4.78, 5) is 15.5. The third kappa shape index (κ3) is 2.18. The first-order valence-electron chi connectivity index (χ1n) is 6.24. The van der Waals surface area contributed by atoms with Gasteiger partial charge in [0, 0.05) is 11.1 Å². The van der Waals surface area contributed by atoms with Crippen LogP contribution in [0.4, 0.5) is 0 Å². The Kier molecular flexibility index (Phi) is 3.24. The second-order valence-corrected chi connectivity index (χ2v) is 4.96. The highest BCUT2D eigenvalue weighted by molar-refractivity contribution is 6.35. The van der Waals surface area contributed by atoms with E-state index in [2.05, 4.69) is 10.3 Å². The molecule has 0 atom stereocenters. The Morgan fingerprint density at radius 1 is 1.35 bits per heavy atom. The lowest BCUT2D eigenvalue weighted by atomic mass is 10.1. The van der Waals surface area contributed by atoms with Crippen LogP contribution in [0.15, 0.2) is 41.0 Å². The van der Waals surface area contributed by atoms with E-state index in [1.165, 1.54) is 0 Å². The Balaban J connectivity index is 1.91. The van der Waals surface area contributed by atoms with Crippen LogP contribution in [0.25, 0.3) is 10.9 Å². The monoisotopic (exact) mass is 288 g/mol. The zero-order valence-electron chi connectivity index (χ0n) is 10.9. The number of aromatic amines is 1. The third-order valence-electron chi connectivity index (χ3n) is 3.20. The lowest BCUT2D eigenvalue weighted by Gasteiger charge is -2.03. The van der Waals surface area contributed by atoms with Gasteiger partial charge in [0.1, 0.15) is 5.76 Å². The zero-order chi connectivity index (χ0) is 14.1. The summed E-state index contributed by atoms with van der Waals surface area (Å²) in [6.45, 7) is 2.22. The molecule has 0 bridgehead atoms. The molecule has 2 N–H and O–H groups in total. The summed E-state index contributed by atoms with van der Waals surface area (Å²) >= 11 is 6.13. The van der Waals surface area contributed by atoms with Crippen molar-refractivity contribution in [3.63, 3.8) is 0 Å². The maximum absolute atomic E-state index is 12.3. The summed E-state index contributed by atoms with van der Waals surface area (Å²) in [5.41, 5.74) is 2.20. The number of rotatable bonds is 3. The summed E-state index contributed by atoms with van der Waals surface area (Å²) in [5, 5.41) is 4.28. The molecule has 2 aromatic heterocycles. The number of halogens is 1. The molecule has 3 aromatic rings. The second kappa shape index (κ2) is 5.06. The predicted molar refractivity (Wildman–Crippen MR) is 77.9 cm³/mol. The Bertz CT molecular complexity index is 760. The molecule has 0 saturated heterocycles. The van der Waals surface area contributed by atoms with Crippen LogP contribution in [0.1, 0.15) is 21.8 Å². The summed E-state index contributed by atoms with van der Waals surface area (Å²) in [6.07, 6.45) is 1.58. The molecule has 2 heterocycles. The molecule has 1 amide bonds. The number of hydrogen-bond acceptors (Lipinski definition) is 2. The molecule has 0 spiro atoms. The van der Waals surface area contributed by atoms with Crippen molar-refractivity contribution in [2.45, 2.75) is 13.5 Å². The largest absolute Gasteiger partial charge is 0.467 e. The van der Waals surface area contributed by atoms with Crippen LogP contribution in [0.2, 0.25) is 5.02 Å². The van der Waals surface area contributed by atoms with E-state index in [1.54, 1.807) is 18.4 Å². The number of H-pyrrole nitrogens is 1. The van der Waals surface area contributed by atoms with Gasteiger partial charge in [0.05, 0.1) is 28.9 Å². The Labute approximate surface area is 120 Å². The molecule has 1 aromatic carbocycles. The maximum atomic E-state index is 12.3. The number of fused-ring (bicyclic) bond motifs is 1. The smallest absolute Gasteiger partial charge is 0.254 e. The first-order chi connectivity index (χ1) is 9.66. The van der Waals surface area contributed by atoms with Crippen molar-refractivity contribution in [1.29, 1.82) is 0 Å². The van der Waals surface area contributed by atoms with E-state index in [4.69, 9.17) is 16.0 Å². The van der Waals surface area contributed by atoms with E-state index in [0.29, 0.717) is 22.9 Å². The number of furan rings is 1. The highest BCUT2D eigenvalue weighted by Gasteiger charge is 2.17. The molecule has 0 saturated carbocycles. The van der Waals surface area contributed by atoms with Gasteiger partial charge in [0.15, 0.2) is 0 Å². The highest BCUT2D eigenvalue weighted by atomic mass is 35.5. The van der Waals surface area contributed by atoms with Gasteiger partial charge in [-0.2, -0.15) is 0 Å². The van der Waals surface area contributed by atoms with E-state index in [1.807, 2.05) is 25.1 Å². The standard InChI is InChI=1S/C15H13ClN2O2/c1-9-13(11-5-2-6-12(16)14(11)18-9)15(19)17-8-10-4-3-7-20-10/h2-7,18H,8H2,1H3,(H,17,19). The summed E-state index contributed by atoms with van der Waals surface area (Å²) in [6, 6.07) is 9.12. The number of para-hydroxylation sites is 1. The first-order valence-corrected chi connectivity index (χ1v) is 6.62. The first kappa shape index (κ1) is 12.8. The number of aromatic nitrogens is 1. The molecule has 4 nitrogen and oxygen atoms in total. The Morgan fingerprint density at radius 3 is 2.95 bits per heavy atom. The van der Waals surface area contributed by atoms with Gasteiger partial charge in [-0.3, -0.25) is 4.79 Å². The van der Waals surface area contributed by atoms with Crippen molar-refractivity contribution in [2.24, 2.45) is 0 Å². The fraction of sp³-hybridized carbons (Fsp3) is 0.133. The second-order valence-electron chi connectivity index (χ2n) is 4.55. The lowest BCUT2D eigenvalue weighted by molar-refractivity contribution is 0.0949. The van der Waals surface area contributed by atoms with Crippen LogP contribution < -0.4 is 5.32 Å². The van der Waals surface area contributed by atoms with Gasteiger partial charge in [-0.25, -0.2) is 0 Å². The molecule has 3 rings (SSSR count). The SMILES string of the molecule is Cc1[nH]c2c(Cl)cccc2c1C(=O)NCc1ccco1. The van der Waals surface area contributed by atoms with E-state index in [-0.39, 0.29) is 5.91 Å². The minimum atomic E-state index is -0.146. The number of carbonyl (C=O) groups excluding carboxylic acids is 1. The molecule has 5 heteroatoms. The molecule has 0 radical (unpaired) electrons. The van der Waals surface area contributed by atoms with Gasteiger partial charge in [0.2, 0.25) is 0 Å². The van der Waals surface area contributed by atoms with E-state index >= 15 is 0 Å². The average molecular weight is 289 g/mol. The molecule has 0 aliphatic heterocycles. The van der Waals surface area contributed by atoms with Crippen molar-refractivity contribution < 1.29 is 9.21 Å². The quantitative estimate of drug-likeness (QED) is 0.773. The number of carbonyl (C=O) groups is 1. The van der Waals surface area contributed by atoms with Gasteiger partial charge in [0.25, 0.3) is 5.91 Å². The minimum Gasteiger partial charge on any atom is -0.467 e. The van der Waals surface area contributed by atoms with Crippen molar-refractivity contribution in [3.8, 4) is 0 Å². The number of aryl methyl sites for hydroxylation is 1. The number of benzene rings is 1. The molecular weight excluding hydrogens is 276 g/mol. The van der Waals surface area contributed by atoms with Gasteiger partial charge in [-0.1, -0.05) is 23.7 Å². The highest BCUT2D eigenvalue weighted by Crippen LogP contribution is 2.27. The van der Waals surface area contributed by atoms with Crippen LogP contribution >= 0.6 is 11.6 Å². The maximum Gasteiger partial charge on any atom is 0.254 e. The molecular formula is C15H13ClN2O2. The van der Waals surface area contributed by atoms with Gasteiger partial charge < -0.3 is 14.7 Å². The normalized spacial score (nSPS) is 10.9. The van der Waals surface area contributed by atoms with Gasteiger partial charge in [-0.05, 0) is 25.1 Å². The lowest BCUT2D eigenvalue weighted by Crippen LogP contribution is -2.23. The van der Waals surface area contributed by atoms with Gasteiger partial charge in [-0.15, -0.1) is 0 Å². The molecule has 0 aliphatic carbocycles. The minimum absolute atomic E-state index is 0.146. The fourth-order valence-corrected chi connectivity index (χ4v) is 2.49. The Morgan fingerprint density at radius 2 is 2.20 bits per heavy atom. The average Bonchev–Trinajstić information content (AvgIpc) is 3.04. The van der Waals surface area contributed by atoms with Crippen LogP contribution in [-0.2, 0) is 6.54 Å². The summed E-state index contributed by atoms with van der Waals surface area (Å²) < 4.78 is 5.19.